The Morgan fingerprint density at radius 1 is 1.60 bits per heavy atom. The van der Waals surface area contributed by atoms with Crippen LogP contribution in [0.25, 0.3) is 0 Å². The van der Waals surface area contributed by atoms with Crippen LogP contribution >= 0.6 is 0 Å². The Kier molecular flexibility index (Phi) is 2.77. The molecule has 15 heavy (non-hydrogen) atoms. The van der Waals surface area contributed by atoms with Crippen LogP contribution in [-0.4, -0.2) is 29.3 Å². The van der Waals surface area contributed by atoms with Gasteiger partial charge in [0.15, 0.2) is 0 Å². The van der Waals surface area contributed by atoms with Crippen LogP contribution in [0.5, 0.6) is 0 Å². The van der Waals surface area contributed by atoms with E-state index < -0.39 is 0 Å². The molecule has 82 valence electrons. The summed E-state index contributed by atoms with van der Waals surface area (Å²) in [5.41, 5.74) is 6.62. The molecule has 1 aliphatic rings. The predicted octanol–water partition coefficient (Wildman–Crippen LogP) is 0.871. The zero-order chi connectivity index (χ0) is 10.8. The molecule has 1 aliphatic heterocycles. The van der Waals surface area contributed by atoms with Crippen molar-refractivity contribution in [1.29, 1.82) is 0 Å². The second-order valence-corrected chi connectivity index (χ2v) is 4.18. The summed E-state index contributed by atoms with van der Waals surface area (Å²) >= 11 is 0. The first kappa shape index (κ1) is 10.2. The Bertz CT molecular complexity index is 323. The molecule has 2 unspecified atom stereocenters. The average Bonchev–Trinajstić information content (AvgIpc) is 2.68. The Labute approximate surface area is 89.7 Å². The fourth-order valence-corrected chi connectivity index (χ4v) is 2.00. The van der Waals surface area contributed by atoms with Gasteiger partial charge in [-0.05, 0) is 25.5 Å². The Hall–Kier alpha value is -1.29. The smallest absolute Gasteiger partial charge is 0.123 e. The molecule has 0 aliphatic carbocycles. The minimum Gasteiger partial charge on any atom is -0.393 e. The summed E-state index contributed by atoms with van der Waals surface area (Å²) in [4.78, 5) is 6.31. The molecule has 1 aromatic heterocycles. The number of nitrogens with zero attached hydrogens (tertiary/aromatic N) is 2. The maximum atomic E-state index is 9.50. The molecular formula is C11H17N3O. The van der Waals surface area contributed by atoms with Crippen molar-refractivity contribution in [3.05, 3.63) is 18.3 Å². The van der Waals surface area contributed by atoms with Crippen LogP contribution in [0.2, 0.25) is 0 Å². The van der Waals surface area contributed by atoms with E-state index in [1.54, 1.807) is 6.20 Å². The van der Waals surface area contributed by atoms with E-state index in [1.165, 1.54) is 0 Å². The second kappa shape index (κ2) is 4.06. The minimum atomic E-state index is -0.225. The fourth-order valence-electron chi connectivity index (χ4n) is 2.00. The number of anilines is 2. The number of nitrogen functional groups attached to an aromatic ring is 1. The van der Waals surface area contributed by atoms with Crippen molar-refractivity contribution < 1.29 is 5.11 Å². The van der Waals surface area contributed by atoms with Crippen molar-refractivity contribution in [2.75, 3.05) is 23.7 Å². The highest BCUT2D eigenvalue weighted by Gasteiger charge is 2.26. The summed E-state index contributed by atoms with van der Waals surface area (Å²) in [6.07, 6.45) is 2.61. The van der Waals surface area contributed by atoms with Crippen LogP contribution in [0.4, 0.5) is 11.5 Å². The van der Waals surface area contributed by atoms with Crippen LogP contribution in [0.15, 0.2) is 18.3 Å². The average molecular weight is 207 g/mol. The molecule has 0 aromatic carbocycles. The quantitative estimate of drug-likeness (QED) is 0.755. The van der Waals surface area contributed by atoms with Crippen LogP contribution in [0, 0.1) is 5.92 Å². The van der Waals surface area contributed by atoms with Crippen LogP contribution in [0.1, 0.15) is 13.3 Å². The van der Waals surface area contributed by atoms with E-state index in [4.69, 9.17) is 5.73 Å². The van der Waals surface area contributed by atoms with Crippen LogP contribution in [0.3, 0.4) is 0 Å². The van der Waals surface area contributed by atoms with Crippen molar-refractivity contribution in [3.63, 3.8) is 0 Å². The van der Waals surface area contributed by atoms with Gasteiger partial charge in [0, 0.05) is 19.0 Å². The third-order valence-electron chi connectivity index (χ3n) is 3.04. The van der Waals surface area contributed by atoms with Crippen molar-refractivity contribution >= 4 is 11.5 Å². The van der Waals surface area contributed by atoms with E-state index in [0.717, 1.165) is 25.2 Å². The summed E-state index contributed by atoms with van der Waals surface area (Å²) in [5, 5.41) is 9.50. The van der Waals surface area contributed by atoms with Crippen molar-refractivity contribution in [3.8, 4) is 0 Å². The van der Waals surface area contributed by atoms with Gasteiger partial charge in [0.1, 0.15) is 5.82 Å². The van der Waals surface area contributed by atoms with Crippen LogP contribution in [-0.2, 0) is 0 Å². The lowest BCUT2D eigenvalue weighted by Gasteiger charge is -2.19. The highest BCUT2D eigenvalue weighted by molar-refractivity contribution is 5.48. The number of pyridine rings is 1. The zero-order valence-corrected chi connectivity index (χ0v) is 8.93. The van der Waals surface area contributed by atoms with Crippen molar-refractivity contribution in [1.82, 2.24) is 4.98 Å². The molecule has 2 rings (SSSR count). The monoisotopic (exact) mass is 207 g/mol. The predicted molar refractivity (Wildman–Crippen MR) is 60.7 cm³/mol. The first-order chi connectivity index (χ1) is 7.16. The summed E-state index contributed by atoms with van der Waals surface area (Å²) in [7, 11) is 0. The van der Waals surface area contributed by atoms with E-state index >= 15 is 0 Å². The van der Waals surface area contributed by atoms with E-state index in [9.17, 15) is 5.11 Å². The van der Waals surface area contributed by atoms with Gasteiger partial charge >= 0.3 is 0 Å². The third kappa shape index (κ3) is 2.21. The fraction of sp³-hybridized carbons (Fsp3) is 0.545. The Morgan fingerprint density at radius 3 is 2.93 bits per heavy atom. The molecule has 0 saturated carbocycles. The maximum Gasteiger partial charge on any atom is 0.123 e. The highest BCUT2D eigenvalue weighted by Crippen LogP contribution is 2.25. The van der Waals surface area contributed by atoms with E-state index in [1.807, 2.05) is 19.1 Å². The van der Waals surface area contributed by atoms with E-state index in [0.29, 0.717) is 11.7 Å². The maximum absolute atomic E-state index is 9.50. The molecule has 1 saturated heterocycles. The number of aromatic nitrogens is 1. The van der Waals surface area contributed by atoms with Gasteiger partial charge in [0.05, 0.1) is 18.0 Å². The molecule has 4 heteroatoms. The molecule has 3 N–H and O–H groups in total. The molecule has 1 fully saturated rings. The summed E-state index contributed by atoms with van der Waals surface area (Å²) in [6.45, 7) is 3.75. The number of aliphatic hydroxyl groups is 1. The Morgan fingerprint density at radius 2 is 2.40 bits per heavy atom. The number of rotatable bonds is 2. The molecule has 0 radical (unpaired) electrons. The lowest BCUT2D eigenvalue weighted by molar-refractivity contribution is 0.136. The van der Waals surface area contributed by atoms with Gasteiger partial charge in [0.25, 0.3) is 0 Å². The minimum absolute atomic E-state index is 0.225. The number of hydrogen-bond donors (Lipinski definition) is 2. The van der Waals surface area contributed by atoms with E-state index in [2.05, 4.69) is 9.88 Å². The lowest BCUT2D eigenvalue weighted by atomic mass is 10.0. The van der Waals surface area contributed by atoms with E-state index in [-0.39, 0.29) is 6.10 Å². The van der Waals surface area contributed by atoms with Gasteiger partial charge in [0.2, 0.25) is 0 Å². The van der Waals surface area contributed by atoms with Crippen LogP contribution < -0.4 is 10.6 Å². The van der Waals surface area contributed by atoms with Gasteiger partial charge in [-0.15, -0.1) is 0 Å². The highest BCUT2D eigenvalue weighted by atomic mass is 16.3. The van der Waals surface area contributed by atoms with Gasteiger partial charge in [-0.25, -0.2) is 4.98 Å². The largest absolute Gasteiger partial charge is 0.393 e. The zero-order valence-electron chi connectivity index (χ0n) is 8.93. The Balaban J connectivity index is 2.04. The molecule has 1 aromatic rings. The number of aliphatic hydroxyl groups excluding tert-OH is 1. The molecule has 0 amide bonds. The van der Waals surface area contributed by atoms with Crippen molar-refractivity contribution in [2.45, 2.75) is 19.4 Å². The standard InChI is InChI=1S/C11H17N3O/c1-8(15)9-4-5-14(7-9)10-2-3-11(12)13-6-10/h2-3,6,8-9,15H,4-5,7H2,1H3,(H2,12,13). The normalized spacial score (nSPS) is 23.1. The van der Waals surface area contributed by atoms with Crippen molar-refractivity contribution in [2.24, 2.45) is 5.92 Å². The molecule has 0 spiro atoms. The van der Waals surface area contributed by atoms with Gasteiger partial charge < -0.3 is 15.7 Å². The summed E-state index contributed by atoms with van der Waals surface area (Å²) < 4.78 is 0. The van der Waals surface area contributed by atoms with Gasteiger partial charge in [-0.3, -0.25) is 0 Å². The number of nitrogens with two attached hydrogens (primary N) is 1. The topological polar surface area (TPSA) is 62.4 Å². The summed E-state index contributed by atoms with van der Waals surface area (Å²) in [5.74, 6) is 0.924. The SMILES string of the molecule is CC(O)C1CCN(c2ccc(N)nc2)C1. The number of hydrogen-bond acceptors (Lipinski definition) is 4. The first-order valence-electron chi connectivity index (χ1n) is 5.31. The lowest BCUT2D eigenvalue weighted by Crippen LogP contribution is -2.23. The molecule has 4 nitrogen and oxygen atoms in total. The van der Waals surface area contributed by atoms with Gasteiger partial charge in [-0.2, -0.15) is 0 Å². The van der Waals surface area contributed by atoms with Gasteiger partial charge in [-0.1, -0.05) is 0 Å². The molecule has 2 atom stereocenters. The molecular weight excluding hydrogens is 190 g/mol. The first-order valence-corrected chi connectivity index (χ1v) is 5.31. The molecule has 0 bridgehead atoms. The summed E-state index contributed by atoms with van der Waals surface area (Å²) in [6, 6.07) is 3.79. The second-order valence-electron chi connectivity index (χ2n) is 4.18. The molecule has 2 heterocycles. The third-order valence-corrected chi connectivity index (χ3v) is 3.04.